The molecule has 100 valence electrons. The van der Waals surface area contributed by atoms with Gasteiger partial charge in [-0.2, -0.15) is 0 Å². The van der Waals surface area contributed by atoms with Gasteiger partial charge in [-0.3, -0.25) is 4.79 Å². The molecule has 6 heteroatoms. The Balaban J connectivity index is 1.78. The SMILES string of the molecule is O=C(NCC1CCOC1)c1cccc2[nH]c(=O)[nH]c12. The number of aromatic nitrogens is 2. The summed E-state index contributed by atoms with van der Waals surface area (Å²) in [6.07, 6.45) is 0.978. The van der Waals surface area contributed by atoms with Crippen LogP contribution in [0.3, 0.4) is 0 Å². The summed E-state index contributed by atoms with van der Waals surface area (Å²) in [5.74, 6) is 0.209. The van der Waals surface area contributed by atoms with E-state index in [1.165, 1.54) is 0 Å². The number of hydrogen-bond donors (Lipinski definition) is 3. The van der Waals surface area contributed by atoms with Gasteiger partial charge in [0.2, 0.25) is 0 Å². The monoisotopic (exact) mass is 261 g/mol. The van der Waals surface area contributed by atoms with E-state index in [9.17, 15) is 9.59 Å². The van der Waals surface area contributed by atoms with Crippen LogP contribution in [-0.2, 0) is 4.74 Å². The second kappa shape index (κ2) is 4.89. The molecule has 0 saturated carbocycles. The number of para-hydroxylation sites is 1. The van der Waals surface area contributed by atoms with Crippen molar-refractivity contribution in [2.75, 3.05) is 19.8 Å². The van der Waals surface area contributed by atoms with Gasteiger partial charge in [0.05, 0.1) is 23.2 Å². The predicted molar refractivity (Wildman–Crippen MR) is 70.2 cm³/mol. The lowest BCUT2D eigenvalue weighted by Crippen LogP contribution is -2.29. The number of nitrogens with one attached hydrogen (secondary N) is 3. The van der Waals surface area contributed by atoms with Gasteiger partial charge < -0.3 is 20.0 Å². The molecule has 1 unspecified atom stereocenters. The minimum atomic E-state index is -0.306. The molecule has 19 heavy (non-hydrogen) atoms. The number of aromatic amines is 2. The van der Waals surface area contributed by atoms with Crippen LogP contribution in [0.2, 0.25) is 0 Å². The standard InChI is InChI=1S/C13H15N3O3/c17-12(14-6-8-4-5-19-7-8)9-2-1-3-10-11(9)16-13(18)15-10/h1-3,8H,4-7H2,(H,14,17)(H2,15,16,18). The molecule has 2 heterocycles. The van der Waals surface area contributed by atoms with E-state index in [0.717, 1.165) is 13.0 Å². The van der Waals surface area contributed by atoms with Crippen molar-refractivity contribution in [1.82, 2.24) is 15.3 Å². The van der Waals surface area contributed by atoms with E-state index in [4.69, 9.17) is 4.74 Å². The molecule has 1 aromatic heterocycles. The van der Waals surface area contributed by atoms with Gasteiger partial charge in [-0.15, -0.1) is 0 Å². The minimum absolute atomic E-state index is 0.173. The number of rotatable bonds is 3. The molecule has 0 radical (unpaired) electrons. The normalized spacial score (nSPS) is 18.8. The number of carbonyl (C=O) groups is 1. The Morgan fingerprint density at radius 1 is 1.42 bits per heavy atom. The molecule has 2 aromatic rings. The van der Waals surface area contributed by atoms with Gasteiger partial charge in [-0.1, -0.05) is 6.07 Å². The van der Waals surface area contributed by atoms with Crippen LogP contribution < -0.4 is 11.0 Å². The van der Waals surface area contributed by atoms with Gasteiger partial charge >= 0.3 is 5.69 Å². The molecule has 0 spiro atoms. The van der Waals surface area contributed by atoms with Gasteiger partial charge in [0, 0.05) is 19.1 Å². The van der Waals surface area contributed by atoms with Gasteiger partial charge in [0.1, 0.15) is 0 Å². The van der Waals surface area contributed by atoms with E-state index in [1.807, 2.05) is 0 Å². The number of ether oxygens (including phenoxy) is 1. The fourth-order valence-electron chi connectivity index (χ4n) is 2.32. The third-order valence-electron chi connectivity index (χ3n) is 3.37. The molecule has 1 saturated heterocycles. The quantitative estimate of drug-likeness (QED) is 0.757. The minimum Gasteiger partial charge on any atom is -0.381 e. The first-order valence-electron chi connectivity index (χ1n) is 6.31. The van der Waals surface area contributed by atoms with Gasteiger partial charge in [0.25, 0.3) is 5.91 Å². The third kappa shape index (κ3) is 2.39. The molecule has 1 aromatic carbocycles. The average molecular weight is 261 g/mol. The maximum absolute atomic E-state index is 12.1. The number of carbonyl (C=O) groups excluding carboxylic acids is 1. The van der Waals surface area contributed by atoms with Crippen LogP contribution in [0, 0.1) is 5.92 Å². The number of amides is 1. The zero-order valence-electron chi connectivity index (χ0n) is 10.4. The van der Waals surface area contributed by atoms with Gasteiger partial charge in [-0.25, -0.2) is 4.79 Å². The zero-order valence-corrected chi connectivity index (χ0v) is 10.4. The van der Waals surface area contributed by atoms with Crippen LogP contribution in [0.4, 0.5) is 0 Å². The fraction of sp³-hybridized carbons (Fsp3) is 0.385. The maximum atomic E-state index is 12.1. The van der Waals surface area contributed by atoms with E-state index in [1.54, 1.807) is 18.2 Å². The van der Waals surface area contributed by atoms with Gasteiger partial charge in [-0.05, 0) is 18.6 Å². The van der Waals surface area contributed by atoms with Crippen LogP contribution in [0.1, 0.15) is 16.8 Å². The fourth-order valence-corrected chi connectivity index (χ4v) is 2.32. The van der Waals surface area contributed by atoms with Crippen molar-refractivity contribution in [1.29, 1.82) is 0 Å². The van der Waals surface area contributed by atoms with Gasteiger partial charge in [0.15, 0.2) is 0 Å². The molecule has 0 bridgehead atoms. The lowest BCUT2D eigenvalue weighted by molar-refractivity contribution is 0.0946. The number of benzene rings is 1. The second-order valence-electron chi connectivity index (χ2n) is 4.75. The topological polar surface area (TPSA) is 87.0 Å². The second-order valence-corrected chi connectivity index (χ2v) is 4.75. The lowest BCUT2D eigenvalue weighted by Gasteiger charge is -2.09. The molecule has 1 amide bonds. The highest BCUT2D eigenvalue weighted by Gasteiger charge is 2.18. The summed E-state index contributed by atoms with van der Waals surface area (Å²) in [7, 11) is 0. The van der Waals surface area contributed by atoms with E-state index in [-0.39, 0.29) is 11.6 Å². The molecule has 1 aliphatic rings. The lowest BCUT2D eigenvalue weighted by atomic mass is 10.1. The van der Waals surface area contributed by atoms with Crippen LogP contribution in [0.5, 0.6) is 0 Å². The van der Waals surface area contributed by atoms with Crippen molar-refractivity contribution in [3.63, 3.8) is 0 Å². The highest BCUT2D eigenvalue weighted by Crippen LogP contribution is 2.14. The summed E-state index contributed by atoms with van der Waals surface area (Å²) < 4.78 is 5.26. The number of H-pyrrole nitrogens is 2. The summed E-state index contributed by atoms with van der Waals surface area (Å²) in [6, 6.07) is 5.21. The molecule has 6 nitrogen and oxygen atoms in total. The summed E-state index contributed by atoms with van der Waals surface area (Å²) in [5, 5.41) is 2.89. The van der Waals surface area contributed by atoms with Crippen molar-refractivity contribution < 1.29 is 9.53 Å². The van der Waals surface area contributed by atoms with Crippen LogP contribution in [0.15, 0.2) is 23.0 Å². The number of hydrogen-bond acceptors (Lipinski definition) is 3. The number of imidazole rings is 1. The highest BCUT2D eigenvalue weighted by atomic mass is 16.5. The molecule has 0 aliphatic carbocycles. The van der Waals surface area contributed by atoms with Crippen molar-refractivity contribution in [3.8, 4) is 0 Å². The largest absolute Gasteiger partial charge is 0.381 e. The van der Waals surface area contributed by atoms with E-state index in [2.05, 4.69) is 15.3 Å². The molecule has 3 N–H and O–H groups in total. The Kier molecular flexibility index (Phi) is 3.08. The molecular formula is C13H15N3O3. The Bertz CT molecular complexity index is 652. The smallest absolute Gasteiger partial charge is 0.323 e. The van der Waals surface area contributed by atoms with E-state index < -0.39 is 0 Å². The molecule has 1 fully saturated rings. The average Bonchev–Trinajstić information content (AvgIpc) is 3.02. The Labute approximate surface area is 109 Å². The first-order chi connectivity index (χ1) is 9.24. The molecule has 3 rings (SSSR count). The summed E-state index contributed by atoms with van der Waals surface area (Å²) in [5.41, 5.74) is 1.36. The summed E-state index contributed by atoms with van der Waals surface area (Å²) in [6.45, 7) is 2.07. The van der Waals surface area contributed by atoms with E-state index in [0.29, 0.717) is 35.7 Å². The van der Waals surface area contributed by atoms with E-state index >= 15 is 0 Å². The third-order valence-corrected chi connectivity index (χ3v) is 3.37. The molecular weight excluding hydrogens is 246 g/mol. The first kappa shape index (κ1) is 12.0. The highest BCUT2D eigenvalue weighted by molar-refractivity contribution is 6.04. The van der Waals surface area contributed by atoms with Crippen LogP contribution in [0.25, 0.3) is 11.0 Å². The number of fused-ring (bicyclic) bond motifs is 1. The first-order valence-corrected chi connectivity index (χ1v) is 6.31. The van der Waals surface area contributed by atoms with Crippen molar-refractivity contribution in [2.45, 2.75) is 6.42 Å². The van der Waals surface area contributed by atoms with Crippen molar-refractivity contribution in [3.05, 3.63) is 34.2 Å². The Morgan fingerprint density at radius 2 is 2.32 bits per heavy atom. The van der Waals surface area contributed by atoms with Crippen LogP contribution in [-0.4, -0.2) is 35.6 Å². The molecule has 1 atom stereocenters. The molecule has 1 aliphatic heterocycles. The summed E-state index contributed by atoms with van der Waals surface area (Å²) in [4.78, 5) is 28.7. The zero-order chi connectivity index (χ0) is 13.2. The summed E-state index contributed by atoms with van der Waals surface area (Å²) >= 11 is 0. The Hall–Kier alpha value is -2.08. The van der Waals surface area contributed by atoms with Crippen LogP contribution >= 0.6 is 0 Å². The van der Waals surface area contributed by atoms with Crippen molar-refractivity contribution in [2.24, 2.45) is 5.92 Å². The maximum Gasteiger partial charge on any atom is 0.323 e. The van der Waals surface area contributed by atoms with Crippen molar-refractivity contribution >= 4 is 16.9 Å². The Morgan fingerprint density at radius 3 is 3.11 bits per heavy atom. The predicted octanol–water partition coefficient (Wildman–Crippen LogP) is 0.622.